The molecule has 0 saturated heterocycles. The van der Waals surface area contributed by atoms with E-state index in [1.807, 2.05) is 18.2 Å². The molecule has 2 N–H and O–H groups in total. The van der Waals surface area contributed by atoms with E-state index < -0.39 is 17.9 Å². The van der Waals surface area contributed by atoms with Crippen LogP contribution in [0.15, 0.2) is 24.3 Å². The van der Waals surface area contributed by atoms with Gasteiger partial charge >= 0.3 is 5.97 Å². The van der Waals surface area contributed by atoms with Crippen molar-refractivity contribution in [1.82, 2.24) is 5.32 Å². The van der Waals surface area contributed by atoms with Gasteiger partial charge in [0.25, 0.3) is 0 Å². The molecule has 0 aliphatic heterocycles. The van der Waals surface area contributed by atoms with Crippen molar-refractivity contribution in [3.63, 3.8) is 0 Å². The maximum Gasteiger partial charge on any atom is 0.308 e. The number of carbonyl (C=O) groups is 2. The van der Waals surface area contributed by atoms with Crippen molar-refractivity contribution in [1.29, 1.82) is 0 Å². The summed E-state index contributed by atoms with van der Waals surface area (Å²) in [5.74, 6) is -1.43. The van der Waals surface area contributed by atoms with Gasteiger partial charge in [-0.3, -0.25) is 9.59 Å². The van der Waals surface area contributed by atoms with Crippen LogP contribution in [0.1, 0.15) is 32.3 Å². The second-order valence-corrected chi connectivity index (χ2v) is 4.92. The molecule has 3 unspecified atom stereocenters. The van der Waals surface area contributed by atoms with Gasteiger partial charge in [-0.25, -0.2) is 0 Å². The number of aliphatic carboxylic acids is 1. The van der Waals surface area contributed by atoms with Crippen LogP contribution < -0.4 is 10.1 Å². The third-order valence-electron chi connectivity index (χ3n) is 3.50. The quantitative estimate of drug-likeness (QED) is 0.835. The molecule has 0 aliphatic rings. The maximum absolute atomic E-state index is 12.1. The van der Waals surface area contributed by atoms with Crippen LogP contribution in [0.5, 0.6) is 5.75 Å². The molecule has 3 atom stereocenters. The van der Waals surface area contributed by atoms with E-state index in [0.29, 0.717) is 5.75 Å². The molecule has 0 radical (unpaired) electrons. The zero-order chi connectivity index (χ0) is 15.3. The lowest BCUT2D eigenvalue weighted by molar-refractivity contribution is -0.142. The molecule has 0 heterocycles. The largest absolute Gasteiger partial charge is 0.497 e. The Morgan fingerprint density at radius 3 is 2.45 bits per heavy atom. The Morgan fingerprint density at radius 2 is 1.90 bits per heavy atom. The molecule has 1 amide bonds. The molecule has 1 aromatic rings. The van der Waals surface area contributed by atoms with E-state index >= 15 is 0 Å². The summed E-state index contributed by atoms with van der Waals surface area (Å²) in [4.78, 5) is 23.0. The van der Waals surface area contributed by atoms with Gasteiger partial charge in [-0.1, -0.05) is 12.1 Å². The smallest absolute Gasteiger partial charge is 0.308 e. The molecule has 1 rings (SSSR count). The molecule has 20 heavy (non-hydrogen) atoms. The predicted octanol–water partition coefficient (Wildman–Crippen LogP) is 2.02. The van der Waals surface area contributed by atoms with Crippen LogP contribution in [0.3, 0.4) is 0 Å². The van der Waals surface area contributed by atoms with Crippen LogP contribution in [-0.4, -0.2) is 30.1 Å². The van der Waals surface area contributed by atoms with Gasteiger partial charge in [-0.05, 0) is 38.5 Å². The fraction of sp³-hybridized carbons (Fsp3) is 0.467. The van der Waals surface area contributed by atoms with E-state index in [0.717, 1.165) is 5.56 Å². The summed E-state index contributed by atoms with van der Waals surface area (Å²) >= 11 is 0. The van der Waals surface area contributed by atoms with Crippen LogP contribution in [0.25, 0.3) is 0 Å². The number of hydrogen-bond acceptors (Lipinski definition) is 3. The minimum Gasteiger partial charge on any atom is -0.497 e. The Hall–Kier alpha value is -2.04. The third kappa shape index (κ3) is 3.98. The summed E-state index contributed by atoms with van der Waals surface area (Å²) in [6.07, 6.45) is 0. The maximum atomic E-state index is 12.1. The van der Waals surface area contributed by atoms with E-state index in [-0.39, 0.29) is 11.8 Å². The molecule has 0 saturated carbocycles. The van der Waals surface area contributed by atoms with Crippen molar-refractivity contribution in [3.8, 4) is 5.75 Å². The molecule has 5 nitrogen and oxygen atoms in total. The van der Waals surface area contributed by atoms with E-state index in [4.69, 9.17) is 9.84 Å². The molecule has 0 aliphatic carbocycles. The summed E-state index contributed by atoms with van der Waals surface area (Å²) in [6, 6.07) is 6.85. The first-order chi connectivity index (χ1) is 9.36. The normalized spacial score (nSPS) is 15.0. The van der Waals surface area contributed by atoms with Crippen LogP contribution in [-0.2, 0) is 9.59 Å². The van der Waals surface area contributed by atoms with Crippen LogP contribution in [0.2, 0.25) is 0 Å². The van der Waals surface area contributed by atoms with Crippen LogP contribution >= 0.6 is 0 Å². The number of hydrogen-bond donors (Lipinski definition) is 2. The Kier molecular flexibility index (Phi) is 5.55. The first kappa shape index (κ1) is 16.0. The standard InChI is InChI=1S/C15H21NO4/c1-9(15(18)19)11(3)16-14(17)10(2)12-6-5-7-13(8-12)20-4/h5-11H,1-4H3,(H,16,17)(H,18,19). The van der Waals surface area contributed by atoms with Gasteiger partial charge in [-0.2, -0.15) is 0 Å². The van der Waals surface area contributed by atoms with Gasteiger partial charge in [0.2, 0.25) is 5.91 Å². The second kappa shape index (κ2) is 6.93. The fourth-order valence-electron chi connectivity index (χ4n) is 1.75. The van der Waals surface area contributed by atoms with Gasteiger partial charge in [-0.15, -0.1) is 0 Å². The van der Waals surface area contributed by atoms with Crippen molar-refractivity contribution in [2.75, 3.05) is 7.11 Å². The molecule has 0 bridgehead atoms. The zero-order valence-electron chi connectivity index (χ0n) is 12.2. The molecular weight excluding hydrogens is 258 g/mol. The van der Waals surface area contributed by atoms with E-state index in [2.05, 4.69) is 5.32 Å². The first-order valence-electron chi connectivity index (χ1n) is 6.54. The molecule has 0 fully saturated rings. The topological polar surface area (TPSA) is 75.6 Å². The Balaban J connectivity index is 2.73. The number of carboxylic acids is 1. The van der Waals surface area contributed by atoms with Gasteiger partial charge in [0.05, 0.1) is 18.9 Å². The molecule has 110 valence electrons. The molecular formula is C15H21NO4. The summed E-state index contributed by atoms with van der Waals surface area (Å²) in [6.45, 7) is 5.04. The van der Waals surface area contributed by atoms with Gasteiger partial charge in [0, 0.05) is 6.04 Å². The van der Waals surface area contributed by atoms with Gasteiger partial charge in [0.1, 0.15) is 5.75 Å². The second-order valence-electron chi connectivity index (χ2n) is 4.92. The highest BCUT2D eigenvalue weighted by atomic mass is 16.5. The first-order valence-corrected chi connectivity index (χ1v) is 6.54. The average Bonchev–Trinajstić information content (AvgIpc) is 2.45. The Morgan fingerprint density at radius 1 is 1.25 bits per heavy atom. The highest BCUT2D eigenvalue weighted by Crippen LogP contribution is 2.21. The summed E-state index contributed by atoms with van der Waals surface area (Å²) < 4.78 is 5.13. The molecule has 1 aromatic carbocycles. The summed E-state index contributed by atoms with van der Waals surface area (Å²) in [7, 11) is 1.57. The number of carbonyl (C=O) groups excluding carboxylic acids is 1. The van der Waals surface area contributed by atoms with E-state index in [1.165, 1.54) is 0 Å². The zero-order valence-corrected chi connectivity index (χ0v) is 12.2. The predicted molar refractivity (Wildman–Crippen MR) is 75.8 cm³/mol. The molecule has 5 heteroatoms. The van der Waals surface area contributed by atoms with Crippen molar-refractivity contribution in [2.45, 2.75) is 32.7 Å². The number of carboxylic acid groups (broad SMARTS) is 1. The highest BCUT2D eigenvalue weighted by Gasteiger charge is 2.24. The van der Waals surface area contributed by atoms with Crippen molar-refractivity contribution >= 4 is 11.9 Å². The lowest BCUT2D eigenvalue weighted by Gasteiger charge is -2.20. The van der Waals surface area contributed by atoms with Crippen LogP contribution in [0, 0.1) is 5.92 Å². The van der Waals surface area contributed by atoms with Crippen LogP contribution in [0.4, 0.5) is 0 Å². The lowest BCUT2D eigenvalue weighted by Crippen LogP contribution is -2.41. The summed E-state index contributed by atoms with van der Waals surface area (Å²) in [5.41, 5.74) is 0.831. The molecule has 0 aromatic heterocycles. The lowest BCUT2D eigenvalue weighted by atomic mass is 9.98. The number of methoxy groups -OCH3 is 1. The van der Waals surface area contributed by atoms with Crippen molar-refractivity contribution < 1.29 is 19.4 Å². The number of amides is 1. The third-order valence-corrected chi connectivity index (χ3v) is 3.50. The fourth-order valence-corrected chi connectivity index (χ4v) is 1.75. The van der Waals surface area contributed by atoms with Gasteiger partial charge < -0.3 is 15.2 Å². The van der Waals surface area contributed by atoms with Crippen molar-refractivity contribution in [2.24, 2.45) is 5.92 Å². The Labute approximate surface area is 118 Å². The monoisotopic (exact) mass is 279 g/mol. The van der Waals surface area contributed by atoms with E-state index in [1.54, 1.807) is 33.9 Å². The average molecular weight is 279 g/mol. The van der Waals surface area contributed by atoms with Crippen molar-refractivity contribution in [3.05, 3.63) is 29.8 Å². The van der Waals surface area contributed by atoms with Gasteiger partial charge in [0.15, 0.2) is 0 Å². The van der Waals surface area contributed by atoms with E-state index in [9.17, 15) is 9.59 Å². The minimum atomic E-state index is -0.924. The number of benzene rings is 1. The highest BCUT2D eigenvalue weighted by molar-refractivity contribution is 5.84. The number of nitrogens with one attached hydrogen (secondary N) is 1. The molecule has 0 spiro atoms. The number of rotatable bonds is 6. The minimum absolute atomic E-state index is 0.196. The SMILES string of the molecule is COc1cccc(C(C)C(=O)NC(C)C(C)C(=O)O)c1. The number of ether oxygens (including phenoxy) is 1. The Bertz CT molecular complexity index is 487. The summed E-state index contributed by atoms with van der Waals surface area (Å²) in [5, 5.41) is 11.7.